The molecule has 0 atom stereocenters. The summed E-state index contributed by atoms with van der Waals surface area (Å²) in [4.78, 5) is 0. The fourth-order valence-electron chi connectivity index (χ4n) is 1.98. The maximum absolute atomic E-state index is 5.34. The molecule has 0 aromatic heterocycles. The third kappa shape index (κ3) is 3.73. The molecule has 2 N–H and O–H groups in total. The molecule has 0 spiro atoms. The van der Waals surface area contributed by atoms with Crippen molar-refractivity contribution >= 4 is 23.5 Å². The summed E-state index contributed by atoms with van der Waals surface area (Å²) in [5.41, 5.74) is 4.85. The first-order chi connectivity index (χ1) is 10.8. The van der Waals surface area contributed by atoms with Crippen LogP contribution in [0.2, 0.25) is 0 Å². The zero-order valence-corrected chi connectivity index (χ0v) is 12.6. The van der Waals surface area contributed by atoms with Crippen LogP contribution in [0.4, 0.5) is 0 Å². The topological polar surface area (TPSA) is 54.9 Å². The molecule has 22 heavy (non-hydrogen) atoms. The highest BCUT2D eigenvalue weighted by molar-refractivity contribution is 7.80. The van der Waals surface area contributed by atoms with Crippen molar-refractivity contribution in [3.63, 3.8) is 0 Å². The van der Waals surface area contributed by atoms with Crippen LogP contribution in [0, 0.1) is 0 Å². The van der Waals surface area contributed by atoms with Crippen LogP contribution in [-0.2, 0) is 6.54 Å². The molecule has 2 aromatic carbocycles. The zero-order valence-electron chi connectivity index (χ0n) is 11.8. The van der Waals surface area contributed by atoms with Crippen LogP contribution in [0.1, 0.15) is 11.1 Å². The lowest BCUT2D eigenvalue weighted by atomic mass is 10.2. The number of thiocarbonyl (C=S) groups is 1. The molecule has 0 bridgehead atoms. The first-order valence-corrected chi connectivity index (χ1v) is 7.22. The highest BCUT2D eigenvalue weighted by Gasteiger charge is 2.12. The fourth-order valence-corrected chi connectivity index (χ4v) is 2.10. The number of fused-ring (bicyclic) bond motifs is 1. The monoisotopic (exact) mass is 313 g/mol. The van der Waals surface area contributed by atoms with Gasteiger partial charge in [-0.15, -0.1) is 0 Å². The van der Waals surface area contributed by atoms with Crippen LogP contribution >= 0.6 is 12.2 Å². The summed E-state index contributed by atoms with van der Waals surface area (Å²) in [5.74, 6) is 1.54. The minimum Gasteiger partial charge on any atom is -0.454 e. The molecule has 2 aromatic rings. The van der Waals surface area contributed by atoms with Gasteiger partial charge in [0.1, 0.15) is 0 Å². The molecule has 0 aliphatic carbocycles. The summed E-state index contributed by atoms with van der Waals surface area (Å²) >= 11 is 5.18. The van der Waals surface area contributed by atoms with Crippen molar-refractivity contribution < 1.29 is 9.47 Å². The van der Waals surface area contributed by atoms with E-state index in [1.54, 1.807) is 6.21 Å². The second kappa shape index (κ2) is 6.91. The van der Waals surface area contributed by atoms with Crippen molar-refractivity contribution in [1.29, 1.82) is 0 Å². The zero-order chi connectivity index (χ0) is 15.2. The number of nitrogens with one attached hydrogen (secondary N) is 2. The predicted molar refractivity (Wildman–Crippen MR) is 89.2 cm³/mol. The van der Waals surface area contributed by atoms with Crippen molar-refractivity contribution in [2.75, 3.05) is 6.79 Å². The highest BCUT2D eigenvalue weighted by atomic mass is 32.1. The lowest BCUT2D eigenvalue weighted by Crippen LogP contribution is -2.31. The first-order valence-electron chi connectivity index (χ1n) is 6.82. The van der Waals surface area contributed by atoms with E-state index in [9.17, 15) is 0 Å². The number of nitrogens with zero attached hydrogens (tertiary/aromatic N) is 1. The number of ether oxygens (including phenoxy) is 2. The molecule has 0 fully saturated rings. The van der Waals surface area contributed by atoms with E-state index < -0.39 is 0 Å². The average molecular weight is 313 g/mol. The minimum absolute atomic E-state index is 0.278. The molecule has 3 rings (SSSR count). The van der Waals surface area contributed by atoms with Crippen LogP contribution in [0.15, 0.2) is 53.6 Å². The molecule has 0 saturated heterocycles. The molecule has 112 valence electrons. The molecule has 5 nitrogen and oxygen atoms in total. The molecule has 1 aliphatic rings. The Morgan fingerprint density at radius 1 is 1.14 bits per heavy atom. The van der Waals surface area contributed by atoms with Crippen molar-refractivity contribution in [1.82, 2.24) is 10.7 Å². The number of benzene rings is 2. The number of rotatable bonds is 4. The number of hydrogen-bond acceptors (Lipinski definition) is 4. The van der Waals surface area contributed by atoms with E-state index in [2.05, 4.69) is 15.8 Å². The summed E-state index contributed by atoms with van der Waals surface area (Å²) in [6, 6.07) is 15.6. The Morgan fingerprint density at radius 3 is 2.82 bits per heavy atom. The minimum atomic E-state index is 0.278. The third-order valence-electron chi connectivity index (χ3n) is 3.07. The second-order valence-corrected chi connectivity index (χ2v) is 5.06. The molecular weight excluding hydrogens is 298 g/mol. The fraction of sp³-hybridized carbons (Fsp3) is 0.125. The van der Waals surface area contributed by atoms with E-state index in [1.165, 1.54) is 0 Å². The van der Waals surface area contributed by atoms with Crippen LogP contribution in [0.5, 0.6) is 11.5 Å². The van der Waals surface area contributed by atoms with E-state index in [1.807, 2.05) is 48.5 Å². The highest BCUT2D eigenvalue weighted by Crippen LogP contribution is 2.32. The molecule has 1 aliphatic heterocycles. The Labute approximate surface area is 133 Å². The Balaban J connectivity index is 1.47. The maximum Gasteiger partial charge on any atom is 0.231 e. The van der Waals surface area contributed by atoms with Crippen molar-refractivity contribution in [2.45, 2.75) is 6.54 Å². The van der Waals surface area contributed by atoms with Crippen molar-refractivity contribution in [3.8, 4) is 11.5 Å². The van der Waals surface area contributed by atoms with Crippen LogP contribution < -0.4 is 20.2 Å². The van der Waals surface area contributed by atoms with Crippen molar-refractivity contribution in [2.24, 2.45) is 5.10 Å². The Kier molecular flexibility index (Phi) is 4.50. The largest absolute Gasteiger partial charge is 0.454 e. The van der Waals surface area contributed by atoms with Gasteiger partial charge in [0.05, 0.1) is 6.21 Å². The summed E-state index contributed by atoms with van der Waals surface area (Å²) in [6.45, 7) is 0.865. The number of hydrogen-bond donors (Lipinski definition) is 2. The smallest absolute Gasteiger partial charge is 0.231 e. The van der Waals surface area contributed by atoms with Gasteiger partial charge < -0.3 is 14.8 Å². The maximum atomic E-state index is 5.34. The molecule has 0 saturated carbocycles. The summed E-state index contributed by atoms with van der Waals surface area (Å²) in [7, 11) is 0. The van der Waals surface area contributed by atoms with Gasteiger partial charge in [-0.1, -0.05) is 36.4 Å². The number of hydrazone groups is 1. The Hall–Kier alpha value is -2.60. The van der Waals surface area contributed by atoms with E-state index >= 15 is 0 Å². The van der Waals surface area contributed by atoms with Crippen LogP contribution in [-0.4, -0.2) is 18.1 Å². The SMILES string of the molecule is S=C(NCc1ccc2c(c1)OCO2)N/N=C\c1ccccc1. The standard InChI is InChI=1S/C16H15N3O2S/c22-16(19-18-10-12-4-2-1-3-5-12)17-9-13-6-7-14-15(8-13)21-11-20-14/h1-8,10H,9,11H2,(H2,17,19,22)/b18-10-. The summed E-state index contributed by atoms with van der Waals surface area (Å²) in [5, 5.41) is 7.64. The molecule has 6 heteroatoms. The average Bonchev–Trinajstić information content (AvgIpc) is 3.01. The van der Waals surface area contributed by atoms with Gasteiger partial charge in [0.15, 0.2) is 16.6 Å². The Bertz CT molecular complexity index is 689. The molecule has 0 unspecified atom stereocenters. The second-order valence-electron chi connectivity index (χ2n) is 4.65. The van der Waals surface area contributed by atoms with Crippen LogP contribution in [0.25, 0.3) is 0 Å². The Morgan fingerprint density at radius 2 is 1.95 bits per heavy atom. The van der Waals surface area contributed by atoms with E-state index in [0.717, 1.165) is 22.6 Å². The molecule has 0 amide bonds. The third-order valence-corrected chi connectivity index (χ3v) is 3.30. The van der Waals surface area contributed by atoms with Gasteiger partial charge >= 0.3 is 0 Å². The van der Waals surface area contributed by atoms with Gasteiger partial charge in [-0.2, -0.15) is 5.10 Å². The van der Waals surface area contributed by atoms with Gasteiger partial charge in [-0.3, -0.25) is 5.43 Å². The molecule has 1 heterocycles. The van der Waals surface area contributed by atoms with Crippen molar-refractivity contribution in [3.05, 3.63) is 59.7 Å². The van der Waals surface area contributed by atoms with E-state index in [0.29, 0.717) is 11.7 Å². The first kappa shape index (κ1) is 14.3. The van der Waals surface area contributed by atoms with Crippen LogP contribution in [0.3, 0.4) is 0 Å². The van der Waals surface area contributed by atoms with E-state index in [-0.39, 0.29) is 6.79 Å². The van der Waals surface area contributed by atoms with Gasteiger partial charge in [0.2, 0.25) is 6.79 Å². The van der Waals surface area contributed by atoms with Gasteiger partial charge in [-0.25, -0.2) is 0 Å². The lowest BCUT2D eigenvalue weighted by Gasteiger charge is -2.07. The van der Waals surface area contributed by atoms with Gasteiger partial charge in [-0.05, 0) is 35.5 Å². The predicted octanol–water partition coefficient (Wildman–Crippen LogP) is 2.41. The molecular formula is C16H15N3O2S. The summed E-state index contributed by atoms with van der Waals surface area (Å²) < 4.78 is 10.6. The van der Waals surface area contributed by atoms with E-state index in [4.69, 9.17) is 21.7 Å². The summed E-state index contributed by atoms with van der Waals surface area (Å²) in [6.07, 6.45) is 1.72. The van der Waals surface area contributed by atoms with Gasteiger partial charge in [0.25, 0.3) is 0 Å². The molecule has 0 radical (unpaired) electrons. The van der Waals surface area contributed by atoms with Gasteiger partial charge in [0, 0.05) is 6.54 Å². The normalized spacial score (nSPS) is 12.4. The lowest BCUT2D eigenvalue weighted by molar-refractivity contribution is 0.174. The quantitative estimate of drug-likeness (QED) is 0.516.